The molecule has 0 saturated carbocycles. The molecule has 0 aliphatic heterocycles. The molecule has 0 bridgehead atoms. The highest BCUT2D eigenvalue weighted by atomic mass is 16.6. The molecular formula is C15H21NO3. The van der Waals surface area contributed by atoms with E-state index in [9.17, 15) is 4.79 Å². The van der Waals surface area contributed by atoms with Crippen molar-refractivity contribution < 1.29 is 14.7 Å². The monoisotopic (exact) mass is 263 g/mol. The molecule has 104 valence electrons. The Labute approximate surface area is 114 Å². The number of hydrogen-bond acceptors (Lipinski definition) is 3. The second-order valence-electron chi connectivity index (χ2n) is 4.41. The number of unbranched alkanes of at least 4 members (excludes halogenated alkanes) is 3. The lowest BCUT2D eigenvalue weighted by Crippen LogP contribution is -2.13. The van der Waals surface area contributed by atoms with Gasteiger partial charge in [0, 0.05) is 6.42 Å². The molecular weight excluding hydrogens is 242 g/mol. The van der Waals surface area contributed by atoms with Gasteiger partial charge in [-0.05, 0) is 12.0 Å². The first-order valence-electron chi connectivity index (χ1n) is 6.70. The summed E-state index contributed by atoms with van der Waals surface area (Å²) in [5.74, 6) is -0.996. The molecule has 0 aliphatic carbocycles. The van der Waals surface area contributed by atoms with Crippen LogP contribution in [0.15, 0.2) is 35.5 Å². The van der Waals surface area contributed by atoms with Crippen molar-refractivity contribution in [1.82, 2.24) is 0 Å². The zero-order valence-electron chi connectivity index (χ0n) is 11.3. The predicted octanol–water partition coefficient (Wildman–Crippen LogP) is 3.61. The molecule has 4 nitrogen and oxygen atoms in total. The second kappa shape index (κ2) is 9.14. The van der Waals surface area contributed by atoms with E-state index in [2.05, 4.69) is 12.1 Å². The van der Waals surface area contributed by atoms with Crippen LogP contribution in [0.1, 0.15) is 44.6 Å². The summed E-state index contributed by atoms with van der Waals surface area (Å²) in [6.07, 6.45) is 4.58. The van der Waals surface area contributed by atoms with Crippen LogP contribution in [0.2, 0.25) is 0 Å². The Kier molecular flexibility index (Phi) is 7.32. The van der Waals surface area contributed by atoms with Gasteiger partial charge in [0.1, 0.15) is 6.61 Å². The molecule has 1 N–H and O–H groups in total. The molecule has 0 amide bonds. The van der Waals surface area contributed by atoms with E-state index < -0.39 is 5.97 Å². The van der Waals surface area contributed by atoms with E-state index in [1.807, 2.05) is 30.3 Å². The first-order chi connectivity index (χ1) is 9.24. The summed E-state index contributed by atoms with van der Waals surface area (Å²) in [5, 5.41) is 12.7. The maximum atomic E-state index is 11.0. The van der Waals surface area contributed by atoms with Gasteiger partial charge < -0.3 is 9.94 Å². The molecule has 0 heterocycles. The number of oxime groups is 1. The lowest BCUT2D eigenvalue weighted by molar-refractivity contribution is -0.129. The Morgan fingerprint density at radius 3 is 2.58 bits per heavy atom. The van der Waals surface area contributed by atoms with Gasteiger partial charge in [0.05, 0.1) is 0 Å². The summed E-state index contributed by atoms with van der Waals surface area (Å²) in [6, 6.07) is 9.56. The largest absolute Gasteiger partial charge is 0.477 e. The molecule has 0 unspecified atom stereocenters. The quantitative estimate of drug-likeness (QED) is 0.420. The molecule has 1 aromatic carbocycles. The third-order valence-corrected chi connectivity index (χ3v) is 2.76. The summed E-state index contributed by atoms with van der Waals surface area (Å²) in [6.45, 7) is 2.42. The Hall–Kier alpha value is -1.84. The van der Waals surface area contributed by atoms with Gasteiger partial charge in [-0.3, -0.25) is 0 Å². The molecule has 4 heteroatoms. The number of carboxylic acid groups (broad SMARTS) is 1. The highest BCUT2D eigenvalue weighted by Gasteiger charge is 2.09. The van der Waals surface area contributed by atoms with Crippen molar-refractivity contribution in [3.05, 3.63) is 35.9 Å². The minimum atomic E-state index is -0.996. The SMILES string of the molecule is CCCCCC/C(=N\OCc1ccccc1)C(=O)O. The lowest BCUT2D eigenvalue weighted by Gasteiger charge is -2.03. The van der Waals surface area contributed by atoms with Crippen molar-refractivity contribution in [3.63, 3.8) is 0 Å². The molecule has 0 fully saturated rings. The predicted molar refractivity (Wildman–Crippen MR) is 75.1 cm³/mol. The molecule has 19 heavy (non-hydrogen) atoms. The summed E-state index contributed by atoms with van der Waals surface area (Å²) >= 11 is 0. The fraction of sp³-hybridized carbons (Fsp3) is 0.467. The first-order valence-corrected chi connectivity index (χ1v) is 6.70. The van der Waals surface area contributed by atoms with Crippen LogP contribution in [0.3, 0.4) is 0 Å². The van der Waals surface area contributed by atoms with Gasteiger partial charge in [-0.1, -0.05) is 61.7 Å². The van der Waals surface area contributed by atoms with Crippen LogP contribution in [0.4, 0.5) is 0 Å². The van der Waals surface area contributed by atoms with Crippen molar-refractivity contribution >= 4 is 11.7 Å². The fourth-order valence-corrected chi connectivity index (χ4v) is 1.67. The third kappa shape index (κ3) is 6.60. The average molecular weight is 263 g/mol. The molecule has 0 atom stereocenters. The highest BCUT2D eigenvalue weighted by molar-refractivity contribution is 6.35. The van der Waals surface area contributed by atoms with Crippen molar-refractivity contribution in [2.24, 2.45) is 5.16 Å². The van der Waals surface area contributed by atoms with Gasteiger partial charge in [-0.2, -0.15) is 0 Å². The summed E-state index contributed by atoms with van der Waals surface area (Å²) in [7, 11) is 0. The maximum absolute atomic E-state index is 11.0. The van der Waals surface area contributed by atoms with Crippen LogP contribution in [-0.4, -0.2) is 16.8 Å². The Bertz CT molecular complexity index is 401. The number of rotatable bonds is 9. The van der Waals surface area contributed by atoms with Gasteiger partial charge in [0.2, 0.25) is 0 Å². The van der Waals surface area contributed by atoms with Gasteiger partial charge in [-0.25, -0.2) is 4.79 Å². The van der Waals surface area contributed by atoms with Crippen LogP contribution < -0.4 is 0 Å². The molecule has 0 spiro atoms. The summed E-state index contributed by atoms with van der Waals surface area (Å²) in [4.78, 5) is 16.1. The van der Waals surface area contributed by atoms with Crippen molar-refractivity contribution in [1.29, 1.82) is 0 Å². The molecule has 1 rings (SSSR count). The Morgan fingerprint density at radius 1 is 1.21 bits per heavy atom. The summed E-state index contributed by atoms with van der Waals surface area (Å²) < 4.78 is 0. The first kappa shape index (κ1) is 15.2. The maximum Gasteiger partial charge on any atom is 0.353 e. The van der Waals surface area contributed by atoms with Gasteiger partial charge in [0.25, 0.3) is 0 Å². The lowest BCUT2D eigenvalue weighted by atomic mass is 10.1. The van der Waals surface area contributed by atoms with E-state index in [1.54, 1.807) is 0 Å². The second-order valence-corrected chi connectivity index (χ2v) is 4.41. The van der Waals surface area contributed by atoms with Crippen LogP contribution >= 0.6 is 0 Å². The van der Waals surface area contributed by atoms with E-state index in [-0.39, 0.29) is 5.71 Å². The van der Waals surface area contributed by atoms with E-state index in [1.165, 1.54) is 0 Å². The molecule has 0 saturated heterocycles. The van der Waals surface area contributed by atoms with Crippen molar-refractivity contribution in [2.75, 3.05) is 0 Å². The fourth-order valence-electron chi connectivity index (χ4n) is 1.67. The molecule has 1 aromatic rings. The Morgan fingerprint density at radius 2 is 1.95 bits per heavy atom. The van der Waals surface area contributed by atoms with Gasteiger partial charge >= 0.3 is 5.97 Å². The normalized spacial score (nSPS) is 11.3. The van der Waals surface area contributed by atoms with Crippen molar-refractivity contribution in [3.8, 4) is 0 Å². The average Bonchev–Trinajstić information content (AvgIpc) is 2.42. The number of benzene rings is 1. The van der Waals surface area contributed by atoms with Crippen molar-refractivity contribution in [2.45, 2.75) is 45.6 Å². The topological polar surface area (TPSA) is 58.9 Å². The Balaban J connectivity index is 2.38. The standard InChI is InChI=1S/C15H21NO3/c1-2-3-4-8-11-14(15(17)18)16-19-12-13-9-6-5-7-10-13/h5-7,9-10H,2-4,8,11-12H2,1H3,(H,17,18)/b16-14+. The number of aliphatic carboxylic acids is 1. The smallest absolute Gasteiger partial charge is 0.353 e. The van der Waals surface area contributed by atoms with E-state index in [0.717, 1.165) is 31.2 Å². The number of hydrogen-bond donors (Lipinski definition) is 1. The van der Waals surface area contributed by atoms with Crippen LogP contribution in [0.25, 0.3) is 0 Å². The molecule has 0 radical (unpaired) electrons. The van der Waals surface area contributed by atoms with E-state index >= 15 is 0 Å². The van der Waals surface area contributed by atoms with Gasteiger partial charge in [0.15, 0.2) is 5.71 Å². The third-order valence-electron chi connectivity index (χ3n) is 2.76. The highest BCUT2D eigenvalue weighted by Crippen LogP contribution is 2.06. The van der Waals surface area contributed by atoms with Crippen LogP contribution in [-0.2, 0) is 16.2 Å². The number of carbonyl (C=O) groups is 1. The minimum Gasteiger partial charge on any atom is -0.477 e. The van der Waals surface area contributed by atoms with Gasteiger partial charge in [-0.15, -0.1) is 0 Å². The van der Waals surface area contributed by atoms with Crippen LogP contribution in [0, 0.1) is 0 Å². The minimum absolute atomic E-state index is 0.104. The number of nitrogens with zero attached hydrogens (tertiary/aromatic N) is 1. The van der Waals surface area contributed by atoms with E-state index in [0.29, 0.717) is 13.0 Å². The van der Waals surface area contributed by atoms with E-state index in [4.69, 9.17) is 9.94 Å². The van der Waals surface area contributed by atoms with Crippen LogP contribution in [0.5, 0.6) is 0 Å². The molecule has 0 aliphatic rings. The number of carboxylic acids is 1. The summed E-state index contributed by atoms with van der Waals surface area (Å²) in [5.41, 5.74) is 1.08. The zero-order valence-corrected chi connectivity index (χ0v) is 11.3. The molecule has 0 aromatic heterocycles. The zero-order chi connectivity index (χ0) is 13.9.